The van der Waals surface area contributed by atoms with Crippen LogP contribution >= 0.6 is 0 Å². The molecule has 0 saturated carbocycles. The average molecular weight is 357 g/mol. The van der Waals surface area contributed by atoms with E-state index in [-0.39, 0.29) is 0 Å². The lowest BCUT2D eigenvalue weighted by Crippen LogP contribution is -2.43. The van der Waals surface area contributed by atoms with Crippen LogP contribution < -0.4 is 10.2 Å². The number of hydrogen-bond donors (Lipinski definition) is 2. The third kappa shape index (κ3) is 3.02. The number of nitrogens with zero attached hydrogens (tertiary/aromatic N) is 5. The summed E-state index contributed by atoms with van der Waals surface area (Å²) in [6, 6.07) is 12.1. The largest absolute Gasteiger partial charge is 0.354 e. The summed E-state index contributed by atoms with van der Waals surface area (Å²) in [6.07, 6.45) is 5.39. The van der Waals surface area contributed by atoms with Gasteiger partial charge in [0.25, 0.3) is 0 Å². The molecule has 7 heteroatoms. The second-order valence-electron chi connectivity index (χ2n) is 6.55. The van der Waals surface area contributed by atoms with Crippen LogP contribution in [0.25, 0.3) is 33.5 Å². The summed E-state index contributed by atoms with van der Waals surface area (Å²) in [5.74, 6) is 0.992. The summed E-state index contributed by atoms with van der Waals surface area (Å²) >= 11 is 0. The number of H-pyrrole nitrogens is 1. The molecule has 0 atom stereocenters. The van der Waals surface area contributed by atoms with Gasteiger partial charge in [0.1, 0.15) is 11.5 Å². The monoisotopic (exact) mass is 357 g/mol. The Morgan fingerprint density at radius 3 is 2.74 bits per heavy atom. The van der Waals surface area contributed by atoms with Crippen molar-refractivity contribution in [3.05, 3.63) is 55.0 Å². The summed E-state index contributed by atoms with van der Waals surface area (Å²) in [7, 11) is 0. The standard InChI is InChI=1S/C20H19N7/c1-4-16(24-19(5-1)27-9-7-21-8-10-27)20-15-11-17(14-3-2-6-22-12-14)23-13-18(15)25-26-20/h1-6,11-13,21H,7-10H2,(H,25,26). The molecule has 1 aliphatic rings. The van der Waals surface area contributed by atoms with E-state index in [0.29, 0.717) is 0 Å². The van der Waals surface area contributed by atoms with Gasteiger partial charge in [-0.25, -0.2) is 4.98 Å². The molecule has 27 heavy (non-hydrogen) atoms. The summed E-state index contributed by atoms with van der Waals surface area (Å²) < 4.78 is 0. The van der Waals surface area contributed by atoms with Crippen molar-refractivity contribution >= 4 is 16.7 Å². The molecular formula is C20H19N7. The maximum absolute atomic E-state index is 4.87. The molecule has 1 fully saturated rings. The molecule has 0 amide bonds. The first-order chi connectivity index (χ1) is 13.4. The number of rotatable bonds is 3. The van der Waals surface area contributed by atoms with Crippen LogP contribution in [-0.2, 0) is 0 Å². The van der Waals surface area contributed by atoms with Crippen LogP contribution in [0.4, 0.5) is 5.82 Å². The maximum Gasteiger partial charge on any atom is 0.129 e. The van der Waals surface area contributed by atoms with E-state index in [4.69, 9.17) is 4.98 Å². The fraction of sp³-hybridized carbons (Fsp3) is 0.200. The average Bonchev–Trinajstić information content (AvgIpc) is 3.18. The molecule has 4 aromatic heterocycles. The fourth-order valence-corrected chi connectivity index (χ4v) is 3.41. The summed E-state index contributed by atoms with van der Waals surface area (Å²) in [6.45, 7) is 3.90. The van der Waals surface area contributed by atoms with Gasteiger partial charge in [0.15, 0.2) is 0 Å². The van der Waals surface area contributed by atoms with Crippen LogP contribution in [0, 0.1) is 0 Å². The highest BCUT2D eigenvalue weighted by atomic mass is 15.2. The van der Waals surface area contributed by atoms with E-state index in [1.54, 1.807) is 6.20 Å². The number of aromatic amines is 1. The van der Waals surface area contributed by atoms with E-state index in [0.717, 1.165) is 65.5 Å². The number of anilines is 1. The summed E-state index contributed by atoms with van der Waals surface area (Å²) in [5, 5.41) is 12.0. The molecule has 0 aromatic carbocycles. The zero-order valence-electron chi connectivity index (χ0n) is 14.8. The molecule has 0 aliphatic carbocycles. The summed E-state index contributed by atoms with van der Waals surface area (Å²) in [5.41, 5.74) is 4.45. The Morgan fingerprint density at radius 1 is 0.963 bits per heavy atom. The van der Waals surface area contributed by atoms with Crippen molar-refractivity contribution in [1.29, 1.82) is 0 Å². The quantitative estimate of drug-likeness (QED) is 0.586. The van der Waals surface area contributed by atoms with E-state index in [1.165, 1.54) is 0 Å². The number of aromatic nitrogens is 5. The van der Waals surface area contributed by atoms with Gasteiger partial charge in [0, 0.05) is 49.5 Å². The normalized spacial score (nSPS) is 14.6. The molecule has 134 valence electrons. The smallest absolute Gasteiger partial charge is 0.129 e. The fourth-order valence-electron chi connectivity index (χ4n) is 3.41. The van der Waals surface area contributed by atoms with Gasteiger partial charge < -0.3 is 10.2 Å². The Labute approximate surface area is 156 Å². The van der Waals surface area contributed by atoms with Crippen LogP contribution in [0.5, 0.6) is 0 Å². The van der Waals surface area contributed by atoms with Crippen molar-refractivity contribution in [1.82, 2.24) is 30.5 Å². The SMILES string of the molecule is c1cncc(-c2cc3c(-c4cccc(N5CCNCC5)n4)n[nH]c3cn2)c1. The van der Waals surface area contributed by atoms with Crippen molar-refractivity contribution in [2.75, 3.05) is 31.1 Å². The molecule has 7 nitrogen and oxygen atoms in total. The van der Waals surface area contributed by atoms with Crippen LogP contribution in [0.1, 0.15) is 0 Å². The molecule has 1 saturated heterocycles. The minimum atomic E-state index is 0.842. The molecule has 0 spiro atoms. The minimum absolute atomic E-state index is 0.842. The highest BCUT2D eigenvalue weighted by Gasteiger charge is 2.15. The Kier molecular flexibility index (Phi) is 3.99. The number of pyridine rings is 3. The maximum atomic E-state index is 4.87. The van der Waals surface area contributed by atoms with Gasteiger partial charge in [-0.1, -0.05) is 6.07 Å². The van der Waals surface area contributed by atoms with E-state index in [9.17, 15) is 0 Å². The first-order valence-corrected chi connectivity index (χ1v) is 9.06. The second-order valence-corrected chi connectivity index (χ2v) is 6.55. The molecular weight excluding hydrogens is 338 g/mol. The van der Waals surface area contributed by atoms with Crippen molar-refractivity contribution < 1.29 is 0 Å². The van der Waals surface area contributed by atoms with Crippen LogP contribution in [0.15, 0.2) is 55.0 Å². The first kappa shape index (κ1) is 15.9. The Hall–Kier alpha value is -3.32. The van der Waals surface area contributed by atoms with Crippen LogP contribution in [-0.4, -0.2) is 51.3 Å². The van der Waals surface area contributed by atoms with E-state index in [1.807, 2.05) is 42.7 Å². The molecule has 5 rings (SSSR count). The van der Waals surface area contributed by atoms with Crippen molar-refractivity contribution in [2.45, 2.75) is 0 Å². The van der Waals surface area contributed by atoms with Gasteiger partial charge in [-0.15, -0.1) is 0 Å². The van der Waals surface area contributed by atoms with Gasteiger partial charge in [0.05, 0.1) is 23.1 Å². The minimum Gasteiger partial charge on any atom is -0.354 e. The third-order valence-electron chi connectivity index (χ3n) is 4.82. The predicted molar refractivity (Wildman–Crippen MR) is 105 cm³/mol. The number of hydrogen-bond acceptors (Lipinski definition) is 6. The van der Waals surface area contributed by atoms with Crippen molar-refractivity contribution in [2.24, 2.45) is 0 Å². The second kappa shape index (κ2) is 6.77. The first-order valence-electron chi connectivity index (χ1n) is 9.06. The molecule has 0 bridgehead atoms. The zero-order chi connectivity index (χ0) is 18.1. The lowest BCUT2D eigenvalue weighted by atomic mass is 10.1. The summed E-state index contributed by atoms with van der Waals surface area (Å²) in [4.78, 5) is 15.9. The van der Waals surface area contributed by atoms with E-state index >= 15 is 0 Å². The lowest BCUT2D eigenvalue weighted by Gasteiger charge is -2.28. The lowest BCUT2D eigenvalue weighted by molar-refractivity contribution is 0.585. The van der Waals surface area contributed by atoms with Gasteiger partial charge >= 0.3 is 0 Å². The molecule has 0 unspecified atom stereocenters. The number of fused-ring (bicyclic) bond motifs is 1. The third-order valence-corrected chi connectivity index (χ3v) is 4.82. The zero-order valence-corrected chi connectivity index (χ0v) is 14.8. The van der Waals surface area contributed by atoms with Crippen LogP contribution in [0.2, 0.25) is 0 Å². The van der Waals surface area contributed by atoms with Crippen molar-refractivity contribution in [3.8, 4) is 22.6 Å². The highest BCUT2D eigenvalue weighted by molar-refractivity contribution is 5.93. The van der Waals surface area contributed by atoms with Crippen molar-refractivity contribution in [3.63, 3.8) is 0 Å². The van der Waals surface area contributed by atoms with E-state index < -0.39 is 0 Å². The molecule has 2 N–H and O–H groups in total. The van der Waals surface area contributed by atoms with Gasteiger partial charge in [0.2, 0.25) is 0 Å². The van der Waals surface area contributed by atoms with Gasteiger partial charge in [-0.3, -0.25) is 15.1 Å². The predicted octanol–water partition coefficient (Wildman–Crippen LogP) is 2.49. The molecule has 0 radical (unpaired) electrons. The number of piperazine rings is 1. The topological polar surface area (TPSA) is 82.6 Å². The Balaban J connectivity index is 1.57. The van der Waals surface area contributed by atoms with E-state index in [2.05, 4.69) is 36.4 Å². The molecule has 5 heterocycles. The molecule has 4 aromatic rings. The van der Waals surface area contributed by atoms with Gasteiger partial charge in [-0.2, -0.15) is 5.10 Å². The molecule has 1 aliphatic heterocycles. The number of nitrogens with one attached hydrogen (secondary N) is 2. The van der Waals surface area contributed by atoms with Crippen LogP contribution in [0.3, 0.4) is 0 Å². The highest BCUT2D eigenvalue weighted by Crippen LogP contribution is 2.29. The Morgan fingerprint density at radius 2 is 1.89 bits per heavy atom. The Bertz CT molecular complexity index is 1070. The van der Waals surface area contributed by atoms with Gasteiger partial charge in [-0.05, 0) is 30.3 Å².